The van der Waals surface area contributed by atoms with Gasteiger partial charge in [0.15, 0.2) is 5.65 Å². The van der Waals surface area contributed by atoms with Gasteiger partial charge in [0.2, 0.25) is 0 Å². The molecular formula is C30H38N6O2S. The monoisotopic (exact) mass is 546 g/mol. The molecule has 0 spiro atoms. The molecule has 1 aliphatic carbocycles. The Hall–Kier alpha value is -3.01. The first-order chi connectivity index (χ1) is 18.8. The first-order valence-electron chi connectivity index (χ1n) is 14.1. The summed E-state index contributed by atoms with van der Waals surface area (Å²) in [6.07, 6.45) is 12.0. The lowest BCUT2D eigenvalue weighted by molar-refractivity contribution is 0.0620. The second kappa shape index (κ2) is 10.5. The minimum absolute atomic E-state index is 0.248. The van der Waals surface area contributed by atoms with Crippen LogP contribution in [0.5, 0.6) is 0 Å². The molecule has 2 fully saturated rings. The fourth-order valence-corrected chi connectivity index (χ4v) is 7.74. The van der Waals surface area contributed by atoms with Crippen molar-refractivity contribution in [3.05, 3.63) is 66.7 Å². The topological polar surface area (TPSA) is 76.3 Å². The number of aromatic nitrogens is 4. The molecule has 0 bridgehead atoms. The van der Waals surface area contributed by atoms with E-state index < -0.39 is 10.0 Å². The Morgan fingerprint density at radius 1 is 0.923 bits per heavy atom. The molecule has 39 heavy (non-hydrogen) atoms. The summed E-state index contributed by atoms with van der Waals surface area (Å²) in [7, 11) is -1.93. The van der Waals surface area contributed by atoms with Crippen molar-refractivity contribution in [3.8, 4) is 11.1 Å². The molecule has 0 atom stereocenters. The van der Waals surface area contributed by atoms with Gasteiger partial charge in [-0.2, -0.15) is 5.10 Å². The Bertz CT molecular complexity index is 1540. The van der Waals surface area contributed by atoms with Crippen LogP contribution in [0.25, 0.3) is 22.2 Å². The molecule has 2 aliphatic rings. The number of hydrogen-bond acceptors (Lipinski definition) is 6. The highest BCUT2D eigenvalue weighted by atomic mass is 32.2. The molecule has 6 rings (SSSR count). The maximum atomic E-state index is 13.6. The second-order valence-electron chi connectivity index (χ2n) is 11.4. The highest BCUT2D eigenvalue weighted by Gasteiger charge is 2.30. The van der Waals surface area contributed by atoms with E-state index in [0.29, 0.717) is 23.6 Å². The van der Waals surface area contributed by atoms with Gasteiger partial charge in [0.25, 0.3) is 10.0 Å². The molecule has 1 aliphatic heterocycles. The minimum Gasteiger partial charge on any atom is -0.298 e. The van der Waals surface area contributed by atoms with Crippen LogP contribution in [0.2, 0.25) is 0 Å². The zero-order valence-electron chi connectivity index (χ0n) is 23.1. The van der Waals surface area contributed by atoms with E-state index in [4.69, 9.17) is 4.98 Å². The van der Waals surface area contributed by atoms with Crippen molar-refractivity contribution in [2.75, 3.05) is 26.2 Å². The molecular weight excluding hydrogens is 508 g/mol. The summed E-state index contributed by atoms with van der Waals surface area (Å²) < 4.78 is 30.3. The van der Waals surface area contributed by atoms with Crippen LogP contribution in [0.15, 0.2) is 66.1 Å². The third-order valence-corrected chi connectivity index (χ3v) is 10.4. The van der Waals surface area contributed by atoms with E-state index >= 15 is 0 Å². The lowest BCUT2D eigenvalue weighted by Crippen LogP contribution is -2.52. The van der Waals surface area contributed by atoms with E-state index in [1.165, 1.54) is 35.5 Å². The van der Waals surface area contributed by atoms with Gasteiger partial charge in [-0.1, -0.05) is 18.2 Å². The van der Waals surface area contributed by atoms with Crippen molar-refractivity contribution < 1.29 is 8.42 Å². The van der Waals surface area contributed by atoms with Crippen LogP contribution in [0.4, 0.5) is 0 Å². The molecule has 0 radical (unpaired) electrons. The van der Waals surface area contributed by atoms with Gasteiger partial charge in [0.05, 0.1) is 11.1 Å². The normalized spacial score (nSPS) is 21.6. The van der Waals surface area contributed by atoms with Crippen molar-refractivity contribution in [3.63, 3.8) is 0 Å². The number of benzene rings is 1. The van der Waals surface area contributed by atoms with Gasteiger partial charge in [-0.05, 0) is 69.2 Å². The minimum atomic E-state index is -3.79. The molecule has 8 nitrogen and oxygen atoms in total. The Kier molecular flexibility index (Phi) is 7.07. The van der Waals surface area contributed by atoms with Crippen molar-refractivity contribution in [1.82, 2.24) is 28.5 Å². The number of nitrogens with zero attached hydrogens (tertiary/aromatic N) is 6. The van der Waals surface area contributed by atoms with Gasteiger partial charge < -0.3 is 0 Å². The molecule has 3 aromatic heterocycles. The van der Waals surface area contributed by atoms with Crippen molar-refractivity contribution >= 4 is 21.1 Å². The van der Waals surface area contributed by atoms with Gasteiger partial charge in [-0.25, -0.2) is 17.4 Å². The van der Waals surface area contributed by atoms with Crippen LogP contribution in [0.1, 0.15) is 51.0 Å². The molecule has 4 heterocycles. The van der Waals surface area contributed by atoms with Crippen LogP contribution in [0.3, 0.4) is 0 Å². The maximum absolute atomic E-state index is 13.6. The summed E-state index contributed by atoms with van der Waals surface area (Å²) in [5, 5.41) is 5.19. The van der Waals surface area contributed by atoms with E-state index in [2.05, 4.69) is 34.8 Å². The van der Waals surface area contributed by atoms with Crippen LogP contribution in [-0.4, -0.2) is 75.2 Å². The Morgan fingerprint density at radius 3 is 2.28 bits per heavy atom. The predicted octanol–water partition coefficient (Wildman–Crippen LogP) is 4.73. The van der Waals surface area contributed by atoms with Crippen molar-refractivity contribution in [2.24, 2.45) is 7.05 Å². The zero-order valence-corrected chi connectivity index (χ0v) is 23.9. The molecule has 1 saturated carbocycles. The Labute approximate surface area is 231 Å². The maximum Gasteiger partial charge on any atom is 0.269 e. The first kappa shape index (κ1) is 26.2. The fraction of sp³-hybridized carbons (Fsp3) is 0.467. The number of fused-ring (bicyclic) bond motifs is 1. The third kappa shape index (κ3) is 5.03. The third-order valence-electron chi connectivity index (χ3n) is 8.71. The van der Waals surface area contributed by atoms with Crippen molar-refractivity contribution in [2.45, 2.75) is 62.4 Å². The van der Waals surface area contributed by atoms with Crippen LogP contribution >= 0.6 is 0 Å². The lowest BCUT2D eigenvalue weighted by atomic mass is 9.81. The smallest absolute Gasteiger partial charge is 0.269 e. The standard InChI is InChI=1S/C30H38N6O2S/c1-22(2)34-13-15-35(16-14-34)26-11-9-23(10-12-26)24-17-28-29(25-19-32-33(3)20-25)21-36(30(28)31-18-24)39(37,38)27-7-5-4-6-8-27/h4-8,17-23,26H,9-16H2,1-3H3/t23-,26+. The van der Waals surface area contributed by atoms with E-state index in [1.807, 2.05) is 25.5 Å². The van der Waals surface area contributed by atoms with Gasteiger partial charge >= 0.3 is 0 Å². The summed E-state index contributed by atoms with van der Waals surface area (Å²) in [4.78, 5) is 10.3. The summed E-state index contributed by atoms with van der Waals surface area (Å²) >= 11 is 0. The van der Waals surface area contributed by atoms with Crippen molar-refractivity contribution in [1.29, 1.82) is 0 Å². The summed E-state index contributed by atoms with van der Waals surface area (Å²) in [6, 6.07) is 12.0. The number of hydrogen-bond donors (Lipinski definition) is 0. The summed E-state index contributed by atoms with van der Waals surface area (Å²) in [6.45, 7) is 9.24. The lowest BCUT2D eigenvalue weighted by Gasteiger charge is -2.43. The predicted molar refractivity (Wildman–Crippen MR) is 154 cm³/mol. The SMILES string of the molecule is CC(C)N1CCN([C@H]2CC[C@@H](c3cnc4c(c3)c(-c3cnn(C)c3)cn4S(=O)(=O)c3ccccc3)CC2)CC1. The molecule has 1 saturated heterocycles. The number of rotatable bonds is 6. The Morgan fingerprint density at radius 2 is 1.64 bits per heavy atom. The largest absolute Gasteiger partial charge is 0.298 e. The average Bonchev–Trinajstić information content (AvgIpc) is 3.57. The molecule has 0 amide bonds. The van der Waals surface area contributed by atoms with E-state index in [1.54, 1.807) is 41.3 Å². The zero-order chi connectivity index (χ0) is 27.1. The highest BCUT2D eigenvalue weighted by Crippen LogP contribution is 2.38. The molecule has 1 aromatic carbocycles. The van der Waals surface area contributed by atoms with Gasteiger partial charge in [-0.3, -0.25) is 14.5 Å². The fourth-order valence-electron chi connectivity index (χ4n) is 6.39. The molecule has 206 valence electrons. The summed E-state index contributed by atoms with van der Waals surface area (Å²) in [5.41, 5.74) is 3.38. The quantitative estimate of drug-likeness (QED) is 0.348. The first-order valence-corrected chi connectivity index (χ1v) is 15.5. The summed E-state index contributed by atoms with van der Waals surface area (Å²) in [5.74, 6) is 0.436. The van der Waals surface area contributed by atoms with Crippen LogP contribution < -0.4 is 0 Å². The molecule has 0 unspecified atom stereocenters. The Balaban J connectivity index is 1.28. The highest BCUT2D eigenvalue weighted by molar-refractivity contribution is 7.90. The number of pyridine rings is 1. The molecule has 0 N–H and O–H groups in total. The number of aryl methyl sites for hydroxylation is 1. The van der Waals surface area contributed by atoms with Gasteiger partial charge in [0.1, 0.15) is 0 Å². The molecule has 4 aromatic rings. The number of piperazine rings is 1. The second-order valence-corrected chi connectivity index (χ2v) is 13.2. The van der Waals surface area contributed by atoms with Crippen LogP contribution in [-0.2, 0) is 17.1 Å². The van der Waals surface area contributed by atoms with Gasteiger partial charge in [-0.15, -0.1) is 0 Å². The molecule has 9 heteroatoms. The van der Waals surface area contributed by atoms with Gasteiger partial charge in [0, 0.05) is 80.4 Å². The van der Waals surface area contributed by atoms with Crippen LogP contribution in [0, 0.1) is 0 Å². The van der Waals surface area contributed by atoms with E-state index in [-0.39, 0.29) is 4.90 Å². The average molecular weight is 547 g/mol. The van der Waals surface area contributed by atoms with E-state index in [9.17, 15) is 8.42 Å². The van der Waals surface area contributed by atoms with E-state index in [0.717, 1.165) is 42.4 Å².